The maximum absolute atomic E-state index is 5.33. The molecule has 1 aromatic rings. The molecule has 0 atom stereocenters. The average molecular weight is 277 g/mol. The molecule has 0 fully saturated rings. The smallest absolute Gasteiger partial charge is 0.374 e. The Morgan fingerprint density at radius 2 is 2.00 bits per heavy atom. The molecule has 0 saturated carbocycles. The topological polar surface area (TPSA) is 103 Å². The van der Waals surface area contributed by atoms with Crippen LogP contribution >= 0.6 is 0 Å². The van der Waals surface area contributed by atoms with Crippen molar-refractivity contribution in [3.63, 3.8) is 0 Å². The largest absolute Gasteiger partial charge is 0.558 e. The fraction of sp³-hybridized carbons (Fsp3) is 0.778. The number of quaternary nitrogens is 2. The maximum atomic E-state index is 5.33. The molecule has 0 unspecified atom stereocenters. The monoisotopic (exact) mass is 277 g/mol. The Hall–Kier alpha value is -0.843. The summed E-state index contributed by atoms with van der Waals surface area (Å²) in [6.45, 7) is 2.32. The summed E-state index contributed by atoms with van der Waals surface area (Å²) in [6.07, 6.45) is 2.58. The zero-order valence-electron chi connectivity index (χ0n) is 11.3. The van der Waals surface area contributed by atoms with Gasteiger partial charge >= 0.3 is 8.80 Å². The van der Waals surface area contributed by atoms with Gasteiger partial charge in [-0.2, -0.15) is 0 Å². The Morgan fingerprint density at radius 3 is 2.56 bits per heavy atom. The Labute approximate surface area is 108 Å². The van der Waals surface area contributed by atoms with Crippen molar-refractivity contribution < 1.29 is 24.3 Å². The van der Waals surface area contributed by atoms with Crippen molar-refractivity contribution in [3.05, 3.63) is 11.9 Å². The molecular formula is C9H23N5O3Si+2. The highest BCUT2D eigenvalue weighted by atomic mass is 28.4. The van der Waals surface area contributed by atoms with Gasteiger partial charge in [0.05, 0.1) is 19.3 Å². The van der Waals surface area contributed by atoms with Gasteiger partial charge in [0, 0.05) is 21.3 Å². The minimum absolute atomic E-state index is 0.651. The zero-order chi connectivity index (χ0) is 13.4. The van der Waals surface area contributed by atoms with Crippen molar-refractivity contribution in [3.8, 4) is 0 Å². The van der Waals surface area contributed by atoms with Crippen LogP contribution in [0.3, 0.4) is 0 Å². The molecule has 0 amide bonds. The molecule has 0 aliphatic rings. The van der Waals surface area contributed by atoms with Gasteiger partial charge in [0.25, 0.3) is 0 Å². The first-order valence-corrected chi connectivity index (χ1v) is 7.78. The van der Waals surface area contributed by atoms with E-state index in [1.165, 1.54) is 0 Å². The van der Waals surface area contributed by atoms with Crippen LogP contribution in [-0.4, -0.2) is 57.8 Å². The van der Waals surface area contributed by atoms with E-state index in [0.717, 1.165) is 25.3 Å². The van der Waals surface area contributed by atoms with E-state index in [-0.39, 0.29) is 0 Å². The Kier molecular flexibility index (Phi) is 6.39. The van der Waals surface area contributed by atoms with Gasteiger partial charge in [-0.1, -0.05) is 5.21 Å². The molecule has 5 N–H and O–H groups in total. The van der Waals surface area contributed by atoms with Gasteiger partial charge in [-0.3, -0.25) is 0 Å². The van der Waals surface area contributed by atoms with Crippen LogP contribution in [0.2, 0.25) is 0 Å². The second-order valence-corrected chi connectivity index (χ2v) is 6.82. The lowest BCUT2D eigenvalue weighted by atomic mass is 10.5. The van der Waals surface area contributed by atoms with E-state index in [2.05, 4.69) is 21.4 Å². The van der Waals surface area contributed by atoms with Gasteiger partial charge < -0.3 is 24.3 Å². The van der Waals surface area contributed by atoms with Crippen molar-refractivity contribution >= 4 is 8.80 Å². The van der Waals surface area contributed by atoms with Crippen LogP contribution in [0, 0.1) is 0 Å². The lowest BCUT2D eigenvalue weighted by Crippen LogP contribution is -2.89. The lowest BCUT2D eigenvalue weighted by molar-refractivity contribution is -0.661. The van der Waals surface area contributed by atoms with Crippen LogP contribution in [0.5, 0.6) is 0 Å². The number of rotatable bonds is 9. The molecule has 0 saturated heterocycles. The van der Waals surface area contributed by atoms with Crippen molar-refractivity contribution in [2.24, 2.45) is 0 Å². The van der Waals surface area contributed by atoms with Crippen molar-refractivity contribution in [1.29, 1.82) is 0 Å². The molecule has 0 radical (unpaired) electrons. The summed E-state index contributed by atoms with van der Waals surface area (Å²) in [6, 6.07) is 0. The molecule has 0 aliphatic heterocycles. The molecule has 18 heavy (non-hydrogen) atoms. The summed E-state index contributed by atoms with van der Waals surface area (Å²) < 4.78 is 17.8. The lowest BCUT2D eigenvalue weighted by Gasteiger charge is -2.22. The summed E-state index contributed by atoms with van der Waals surface area (Å²) in [7, 11) is 2.33. The number of aromatic nitrogens is 3. The van der Waals surface area contributed by atoms with Crippen LogP contribution in [0.4, 0.5) is 0 Å². The minimum atomic E-state index is -2.50. The second-order valence-electron chi connectivity index (χ2n) is 3.82. The predicted octanol–water partition coefficient (Wildman–Crippen LogP) is -3.00. The van der Waals surface area contributed by atoms with E-state index < -0.39 is 8.80 Å². The average Bonchev–Trinajstić information content (AvgIpc) is 2.84. The van der Waals surface area contributed by atoms with Crippen molar-refractivity contribution in [1.82, 2.24) is 15.0 Å². The third-order valence-electron chi connectivity index (χ3n) is 2.65. The summed E-state index contributed by atoms with van der Waals surface area (Å²) in [4.78, 5) is 0. The highest BCUT2D eigenvalue weighted by Gasteiger charge is 2.40. The number of nitrogens with zero attached hydrogens (tertiary/aromatic N) is 3. The molecule has 0 bridgehead atoms. The fourth-order valence-corrected chi connectivity index (χ4v) is 3.10. The third kappa shape index (κ3) is 4.12. The molecule has 0 aromatic carbocycles. The predicted molar refractivity (Wildman–Crippen MR) is 65.1 cm³/mol. The molecule has 1 rings (SSSR count). The highest BCUT2D eigenvalue weighted by Crippen LogP contribution is 2.01. The standard InChI is InChI=1S/C9H21N5O3Si/c1-15-18(16-2,17-3)8-11-6-9-7-14(5-4-10)13-12-9/h7,11H,4-6,8,10H2,1-3H3/p+2. The zero-order valence-corrected chi connectivity index (χ0v) is 12.3. The Bertz CT molecular complexity index is 336. The Morgan fingerprint density at radius 1 is 1.33 bits per heavy atom. The van der Waals surface area contributed by atoms with E-state index in [1.807, 2.05) is 6.20 Å². The van der Waals surface area contributed by atoms with Gasteiger partial charge in [0.1, 0.15) is 18.4 Å². The molecular weight excluding hydrogens is 254 g/mol. The molecule has 104 valence electrons. The first kappa shape index (κ1) is 15.2. The van der Waals surface area contributed by atoms with Crippen LogP contribution in [0.25, 0.3) is 0 Å². The molecule has 9 heteroatoms. The van der Waals surface area contributed by atoms with Gasteiger partial charge in [-0.15, -0.1) is 5.10 Å². The van der Waals surface area contributed by atoms with Crippen LogP contribution in [0.15, 0.2) is 6.20 Å². The summed E-state index contributed by atoms with van der Waals surface area (Å²) in [5.41, 5.74) is 4.70. The molecule has 1 aromatic heterocycles. The van der Waals surface area contributed by atoms with Crippen molar-refractivity contribution in [2.45, 2.75) is 13.1 Å². The second kappa shape index (κ2) is 7.56. The first-order chi connectivity index (χ1) is 8.69. The van der Waals surface area contributed by atoms with Gasteiger partial charge in [0.15, 0.2) is 0 Å². The number of hydrogen-bond donors (Lipinski definition) is 2. The van der Waals surface area contributed by atoms with E-state index in [0.29, 0.717) is 6.17 Å². The minimum Gasteiger partial charge on any atom is -0.374 e. The molecule has 0 spiro atoms. The summed E-state index contributed by atoms with van der Waals surface area (Å²) in [5, 5.41) is 10.1. The van der Waals surface area contributed by atoms with E-state index in [4.69, 9.17) is 13.3 Å². The van der Waals surface area contributed by atoms with E-state index in [1.54, 1.807) is 26.0 Å². The van der Waals surface area contributed by atoms with Gasteiger partial charge in [0.2, 0.25) is 0 Å². The molecule has 8 nitrogen and oxygen atoms in total. The Balaban J connectivity index is 2.40. The number of hydrogen-bond acceptors (Lipinski definition) is 5. The maximum Gasteiger partial charge on any atom is 0.558 e. The third-order valence-corrected chi connectivity index (χ3v) is 5.31. The summed E-state index contributed by atoms with van der Waals surface area (Å²) >= 11 is 0. The molecule has 1 heterocycles. The van der Waals surface area contributed by atoms with Crippen LogP contribution < -0.4 is 11.1 Å². The quantitative estimate of drug-likeness (QED) is 0.468. The van der Waals surface area contributed by atoms with Gasteiger partial charge in [-0.05, 0) is 0 Å². The van der Waals surface area contributed by atoms with E-state index >= 15 is 0 Å². The van der Waals surface area contributed by atoms with Crippen molar-refractivity contribution in [2.75, 3.05) is 34.0 Å². The highest BCUT2D eigenvalue weighted by molar-refractivity contribution is 6.60. The fourth-order valence-electron chi connectivity index (χ4n) is 1.60. The molecule has 0 aliphatic carbocycles. The normalized spacial score (nSPS) is 12.0. The summed E-state index contributed by atoms with van der Waals surface area (Å²) in [5.74, 6) is 0. The first-order valence-electron chi connectivity index (χ1n) is 5.85. The number of nitrogens with two attached hydrogens (primary N) is 1. The SMILES string of the molecule is CO[Si](C[NH2+]Cc1cn(CC[NH3+])nn1)(OC)OC. The van der Waals surface area contributed by atoms with Crippen LogP contribution in [0.1, 0.15) is 5.69 Å². The van der Waals surface area contributed by atoms with Gasteiger partial charge in [-0.25, -0.2) is 4.68 Å². The van der Waals surface area contributed by atoms with Crippen LogP contribution in [-0.2, 0) is 26.4 Å². The van der Waals surface area contributed by atoms with E-state index in [9.17, 15) is 0 Å².